The van der Waals surface area contributed by atoms with Crippen molar-refractivity contribution in [1.29, 1.82) is 0 Å². The molecular weight excluding hydrogens is 246 g/mol. The number of aryl methyl sites for hydroxylation is 1. The van der Waals surface area contributed by atoms with Crippen LogP contribution in [0, 0.1) is 6.92 Å². The van der Waals surface area contributed by atoms with Gasteiger partial charge in [-0.15, -0.1) is 0 Å². The number of aromatic nitrogens is 2. The first-order valence-electron chi connectivity index (χ1n) is 6.71. The van der Waals surface area contributed by atoms with Crippen molar-refractivity contribution in [3.05, 3.63) is 11.8 Å². The van der Waals surface area contributed by atoms with Gasteiger partial charge in [-0.1, -0.05) is 6.92 Å². The van der Waals surface area contributed by atoms with E-state index >= 15 is 0 Å². The third kappa shape index (κ3) is 4.65. The first-order valence-corrected chi connectivity index (χ1v) is 6.71. The van der Waals surface area contributed by atoms with E-state index in [-0.39, 0.29) is 6.10 Å². The average molecular weight is 267 g/mol. The lowest BCUT2D eigenvalue weighted by Crippen LogP contribution is -2.41. The van der Waals surface area contributed by atoms with Crippen molar-refractivity contribution in [2.45, 2.75) is 26.4 Å². The fraction of sp³-hybridized carbons (Fsp3) is 0.692. The van der Waals surface area contributed by atoms with E-state index in [1.54, 1.807) is 6.07 Å². The summed E-state index contributed by atoms with van der Waals surface area (Å²) < 4.78 is 16.6. The number of morpholine rings is 1. The Morgan fingerprint density at radius 2 is 2.32 bits per heavy atom. The van der Waals surface area contributed by atoms with E-state index in [1.807, 2.05) is 6.92 Å². The predicted molar refractivity (Wildman–Crippen MR) is 70.7 cm³/mol. The van der Waals surface area contributed by atoms with Crippen LogP contribution in [0.15, 0.2) is 6.07 Å². The lowest BCUT2D eigenvalue weighted by Gasteiger charge is -2.23. The first-order chi connectivity index (χ1) is 9.28. The Morgan fingerprint density at radius 1 is 1.42 bits per heavy atom. The van der Waals surface area contributed by atoms with Gasteiger partial charge in [0.1, 0.15) is 12.7 Å². The molecule has 1 unspecified atom stereocenters. The van der Waals surface area contributed by atoms with Crippen LogP contribution >= 0.6 is 0 Å². The smallest absolute Gasteiger partial charge is 0.320 e. The van der Waals surface area contributed by atoms with E-state index in [4.69, 9.17) is 14.2 Å². The molecule has 0 radical (unpaired) electrons. The molecule has 0 bridgehead atoms. The van der Waals surface area contributed by atoms with Gasteiger partial charge in [-0.3, -0.25) is 0 Å². The van der Waals surface area contributed by atoms with E-state index in [0.717, 1.165) is 25.2 Å². The largest absolute Gasteiger partial charge is 0.478 e. The van der Waals surface area contributed by atoms with Gasteiger partial charge in [0.05, 0.1) is 13.2 Å². The molecular formula is C13H21N3O3. The molecule has 106 valence electrons. The molecule has 0 aliphatic carbocycles. The molecule has 1 aromatic heterocycles. The minimum atomic E-state index is 0.0536. The van der Waals surface area contributed by atoms with Crippen LogP contribution < -0.4 is 14.8 Å². The molecule has 0 aromatic carbocycles. The Bertz CT molecular complexity index is 395. The second-order valence-corrected chi connectivity index (χ2v) is 4.49. The van der Waals surface area contributed by atoms with Crippen LogP contribution in [0.3, 0.4) is 0 Å². The summed E-state index contributed by atoms with van der Waals surface area (Å²) in [6, 6.07) is 2.15. The minimum absolute atomic E-state index is 0.0536. The van der Waals surface area contributed by atoms with Crippen LogP contribution in [0.4, 0.5) is 0 Å². The summed E-state index contributed by atoms with van der Waals surface area (Å²) in [6.07, 6.45) is 0.999. The molecule has 0 spiro atoms. The minimum Gasteiger partial charge on any atom is -0.478 e. The van der Waals surface area contributed by atoms with Crippen LogP contribution in [0.5, 0.6) is 11.9 Å². The van der Waals surface area contributed by atoms with Gasteiger partial charge >= 0.3 is 6.01 Å². The lowest BCUT2D eigenvalue weighted by molar-refractivity contribution is -0.00196. The summed E-state index contributed by atoms with van der Waals surface area (Å²) in [7, 11) is 0. The van der Waals surface area contributed by atoms with Crippen molar-refractivity contribution >= 4 is 0 Å². The van der Waals surface area contributed by atoms with Crippen LogP contribution in [-0.2, 0) is 4.74 Å². The zero-order valence-electron chi connectivity index (χ0n) is 11.5. The summed E-state index contributed by atoms with van der Waals surface area (Å²) >= 11 is 0. The monoisotopic (exact) mass is 267 g/mol. The molecule has 1 fully saturated rings. The summed E-state index contributed by atoms with van der Waals surface area (Å²) in [4.78, 5) is 8.46. The molecule has 19 heavy (non-hydrogen) atoms. The molecule has 0 saturated carbocycles. The highest BCUT2D eigenvalue weighted by Gasteiger charge is 2.15. The number of rotatable bonds is 6. The summed E-state index contributed by atoms with van der Waals surface area (Å²) in [5.74, 6) is 0.562. The van der Waals surface area contributed by atoms with Gasteiger partial charge in [0.15, 0.2) is 0 Å². The molecule has 2 heterocycles. The van der Waals surface area contributed by atoms with Gasteiger partial charge < -0.3 is 19.5 Å². The summed E-state index contributed by atoms with van der Waals surface area (Å²) in [5, 5.41) is 3.25. The third-order valence-corrected chi connectivity index (χ3v) is 2.67. The molecule has 1 aliphatic heterocycles. The van der Waals surface area contributed by atoms with Crippen LogP contribution in [-0.4, -0.2) is 49.0 Å². The molecule has 1 saturated heterocycles. The van der Waals surface area contributed by atoms with E-state index in [0.29, 0.717) is 31.7 Å². The quantitative estimate of drug-likeness (QED) is 0.827. The molecule has 6 heteroatoms. The second kappa shape index (κ2) is 7.25. The van der Waals surface area contributed by atoms with E-state index in [2.05, 4.69) is 22.2 Å². The van der Waals surface area contributed by atoms with Crippen molar-refractivity contribution in [2.75, 3.05) is 32.9 Å². The SMILES string of the molecule is CCCOc1cc(C)nc(OCC2CNCCO2)n1. The Morgan fingerprint density at radius 3 is 3.05 bits per heavy atom. The zero-order valence-corrected chi connectivity index (χ0v) is 11.5. The maximum Gasteiger partial charge on any atom is 0.320 e. The van der Waals surface area contributed by atoms with Crippen molar-refractivity contribution in [1.82, 2.24) is 15.3 Å². The maximum atomic E-state index is 5.58. The molecule has 1 N–H and O–H groups in total. The van der Waals surface area contributed by atoms with Crippen molar-refractivity contribution in [2.24, 2.45) is 0 Å². The molecule has 1 aromatic rings. The predicted octanol–water partition coefficient (Wildman–Crippen LogP) is 0.941. The number of nitrogens with zero attached hydrogens (tertiary/aromatic N) is 2. The van der Waals surface area contributed by atoms with Gasteiger partial charge in [0.25, 0.3) is 0 Å². The summed E-state index contributed by atoms with van der Waals surface area (Å²) in [6.45, 7) is 7.45. The van der Waals surface area contributed by atoms with Gasteiger partial charge in [-0.2, -0.15) is 4.98 Å². The fourth-order valence-corrected chi connectivity index (χ4v) is 1.75. The second-order valence-electron chi connectivity index (χ2n) is 4.49. The van der Waals surface area contributed by atoms with Crippen molar-refractivity contribution in [3.8, 4) is 11.9 Å². The van der Waals surface area contributed by atoms with Gasteiger partial charge in [-0.05, 0) is 13.3 Å². The number of nitrogens with one attached hydrogen (secondary N) is 1. The van der Waals surface area contributed by atoms with Crippen LogP contribution in [0.1, 0.15) is 19.0 Å². The Hall–Kier alpha value is -1.40. The molecule has 1 aliphatic rings. The van der Waals surface area contributed by atoms with Crippen LogP contribution in [0.2, 0.25) is 0 Å². The number of ether oxygens (including phenoxy) is 3. The highest BCUT2D eigenvalue weighted by molar-refractivity contribution is 5.17. The van der Waals surface area contributed by atoms with Crippen molar-refractivity contribution in [3.63, 3.8) is 0 Å². The topological polar surface area (TPSA) is 65.5 Å². The Labute approximate surface area is 113 Å². The number of hydrogen-bond donors (Lipinski definition) is 1. The standard InChI is InChI=1S/C13H21N3O3/c1-3-5-18-12-7-10(2)15-13(16-12)19-9-11-8-14-4-6-17-11/h7,11,14H,3-6,8-9H2,1-2H3. The lowest BCUT2D eigenvalue weighted by atomic mass is 10.3. The van der Waals surface area contributed by atoms with E-state index in [1.165, 1.54) is 0 Å². The maximum absolute atomic E-state index is 5.58. The van der Waals surface area contributed by atoms with Crippen LogP contribution in [0.25, 0.3) is 0 Å². The molecule has 0 amide bonds. The van der Waals surface area contributed by atoms with Gasteiger partial charge in [0.2, 0.25) is 5.88 Å². The van der Waals surface area contributed by atoms with E-state index in [9.17, 15) is 0 Å². The normalized spacial score (nSPS) is 19.2. The Kier molecular flexibility index (Phi) is 5.35. The fourth-order valence-electron chi connectivity index (χ4n) is 1.75. The molecule has 2 rings (SSSR count). The highest BCUT2D eigenvalue weighted by Crippen LogP contribution is 2.14. The number of hydrogen-bond acceptors (Lipinski definition) is 6. The summed E-state index contributed by atoms with van der Waals surface area (Å²) in [5.41, 5.74) is 0.832. The van der Waals surface area contributed by atoms with Crippen molar-refractivity contribution < 1.29 is 14.2 Å². The first kappa shape index (κ1) is 14.0. The highest BCUT2D eigenvalue weighted by atomic mass is 16.5. The van der Waals surface area contributed by atoms with E-state index < -0.39 is 0 Å². The zero-order chi connectivity index (χ0) is 13.5. The third-order valence-electron chi connectivity index (χ3n) is 2.67. The Balaban J connectivity index is 1.89. The van der Waals surface area contributed by atoms with Gasteiger partial charge in [0, 0.05) is 24.8 Å². The average Bonchev–Trinajstić information content (AvgIpc) is 2.43. The molecule has 1 atom stereocenters. The molecule has 6 nitrogen and oxygen atoms in total. The van der Waals surface area contributed by atoms with Gasteiger partial charge in [-0.25, -0.2) is 4.98 Å².